The van der Waals surface area contributed by atoms with Gasteiger partial charge in [0.15, 0.2) is 0 Å². The maximum atomic E-state index is 13.8. The Morgan fingerprint density at radius 1 is 1.12 bits per heavy atom. The van der Waals surface area contributed by atoms with Crippen LogP contribution in [0.4, 0.5) is 14.5 Å². The summed E-state index contributed by atoms with van der Waals surface area (Å²) in [4.78, 5) is 25.7. The normalized spacial score (nSPS) is 17.0. The van der Waals surface area contributed by atoms with Crippen molar-refractivity contribution in [2.24, 2.45) is 5.92 Å². The molecule has 1 unspecified atom stereocenters. The summed E-state index contributed by atoms with van der Waals surface area (Å²) in [5.41, 5.74) is 1.12. The van der Waals surface area contributed by atoms with Crippen molar-refractivity contribution in [3.63, 3.8) is 0 Å². The van der Waals surface area contributed by atoms with E-state index >= 15 is 0 Å². The van der Waals surface area contributed by atoms with Crippen LogP contribution in [0.1, 0.15) is 12.0 Å². The number of hydrogen-bond donors (Lipinski definition) is 1. The molecule has 6 heteroatoms. The molecule has 2 aromatic carbocycles. The van der Waals surface area contributed by atoms with Crippen molar-refractivity contribution < 1.29 is 18.4 Å². The van der Waals surface area contributed by atoms with Crippen LogP contribution in [0, 0.1) is 17.6 Å². The van der Waals surface area contributed by atoms with E-state index in [1.807, 2.05) is 0 Å². The van der Waals surface area contributed by atoms with Crippen molar-refractivity contribution in [1.29, 1.82) is 0 Å². The second-order valence-electron chi connectivity index (χ2n) is 6.02. The van der Waals surface area contributed by atoms with Crippen LogP contribution in [-0.4, -0.2) is 24.9 Å². The number of amides is 2. The minimum atomic E-state index is -0.500. The fraction of sp³-hybridized carbons (Fsp3) is 0.263. The molecule has 0 spiro atoms. The van der Waals surface area contributed by atoms with Crippen molar-refractivity contribution in [3.05, 3.63) is 65.7 Å². The highest BCUT2D eigenvalue weighted by atomic mass is 19.1. The summed E-state index contributed by atoms with van der Waals surface area (Å²) in [6.07, 6.45) is 0.639. The third kappa shape index (κ3) is 4.02. The summed E-state index contributed by atoms with van der Waals surface area (Å²) in [6, 6.07) is 12.1. The third-order valence-electron chi connectivity index (χ3n) is 4.27. The first-order valence-electron chi connectivity index (χ1n) is 8.11. The molecule has 1 aliphatic rings. The maximum Gasteiger partial charge on any atom is 0.227 e. The van der Waals surface area contributed by atoms with E-state index in [1.54, 1.807) is 24.3 Å². The van der Waals surface area contributed by atoms with E-state index in [0.717, 1.165) is 5.56 Å². The monoisotopic (exact) mass is 344 g/mol. The van der Waals surface area contributed by atoms with Gasteiger partial charge in [0, 0.05) is 19.5 Å². The molecule has 0 saturated carbocycles. The topological polar surface area (TPSA) is 49.4 Å². The largest absolute Gasteiger partial charge is 0.355 e. The minimum absolute atomic E-state index is 0.0662. The van der Waals surface area contributed by atoms with Crippen LogP contribution < -0.4 is 10.2 Å². The number of rotatable bonds is 5. The second kappa shape index (κ2) is 7.42. The summed E-state index contributed by atoms with van der Waals surface area (Å²) < 4.78 is 26.7. The van der Waals surface area contributed by atoms with Gasteiger partial charge < -0.3 is 10.2 Å². The number of nitrogens with one attached hydrogen (secondary N) is 1. The first kappa shape index (κ1) is 17.1. The molecule has 1 aliphatic heterocycles. The minimum Gasteiger partial charge on any atom is -0.355 e. The molecule has 2 amide bonds. The van der Waals surface area contributed by atoms with Crippen molar-refractivity contribution in [2.45, 2.75) is 12.8 Å². The van der Waals surface area contributed by atoms with E-state index in [1.165, 1.54) is 29.2 Å². The highest BCUT2D eigenvalue weighted by Gasteiger charge is 2.35. The fourth-order valence-corrected chi connectivity index (χ4v) is 2.91. The number of halogens is 2. The molecule has 1 atom stereocenters. The Bertz CT molecular complexity index is 777. The van der Waals surface area contributed by atoms with E-state index in [-0.39, 0.29) is 36.3 Å². The quantitative estimate of drug-likeness (QED) is 0.907. The molecule has 2 aromatic rings. The lowest BCUT2D eigenvalue weighted by Gasteiger charge is -2.17. The van der Waals surface area contributed by atoms with Crippen molar-refractivity contribution in [3.8, 4) is 0 Å². The second-order valence-corrected chi connectivity index (χ2v) is 6.02. The Morgan fingerprint density at radius 3 is 2.56 bits per heavy atom. The Morgan fingerprint density at radius 2 is 1.84 bits per heavy atom. The van der Waals surface area contributed by atoms with Gasteiger partial charge in [0.2, 0.25) is 11.8 Å². The van der Waals surface area contributed by atoms with Gasteiger partial charge in [0.1, 0.15) is 11.6 Å². The van der Waals surface area contributed by atoms with E-state index in [0.29, 0.717) is 13.0 Å². The van der Waals surface area contributed by atoms with Gasteiger partial charge >= 0.3 is 0 Å². The molecule has 130 valence electrons. The number of benzene rings is 2. The number of hydrogen-bond acceptors (Lipinski definition) is 2. The van der Waals surface area contributed by atoms with Gasteiger partial charge in [-0.15, -0.1) is 0 Å². The Kier molecular flexibility index (Phi) is 5.07. The average Bonchev–Trinajstić information content (AvgIpc) is 2.99. The van der Waals surface area contributed by atoms with Crippen LogP contribution >= 0.6 is 0 Å². The standard InChI is InChI=1S/C19H18F2N2O2/c20-15-7-5-13(6-8-15)9-10-22-19(25)14-11-18(24)23(12-14)17-4-2-1-3-16(17)21/h1-8,14H,9-12H2,(H,22,25). The molecule has 0 aliphatic carbocycles. The van der Waals surface area contributed by atoms with Crippen molar-refractivity contribution in [2.75, 3.05) is 18.0 Å². The number of anilines is 1. The summed E-state index contributed by atoms with van der Waals surface area (Å²) in [5.74, 6) is -1.77. The molecule has 1 saturated heterocycles. The van der Waals surface area contributed by atoms with Gasteiger partial charge in [-0.05, 0) is 36.2 Å². The number of nitrogens with zero attached hydrogens (tertiary/aromatic N) is 1. The van der Waals surface area contributed by atoms with Gasteiger partial charge in [0.25, 0.3) is 0 Å². The van der Waals surface area contributed by atoms with Crippen LogP contribution in [0.2, 0.25) is 0 Å². The van der Waals surface area contributed by atoms with Crippen LogP contribution in [0.15, 0.2) is 48.5 Å². The van der Waals surface area contributed by atoms with E-state index in [2.05, 4.69) is 5.32 Å². The first-order valence-corrected chi connectivity index (χ1v) is 8.11. The zero-order valence-electron chi connectivity index (χ0n) is 13.5. The highest BCUT2D eigenvalue weighted by Crippen LogP contribution is 2.27. The van der Waals surface area contributed by atoms with Gasteiger partial charge in [-0.2, -0.15) is 0 Å². The lowest BCUT2D eigenvalue weighted by Crippen LogP contribution is -2.34. The number of carbonyl (C=O) groups excluding carboxylic acids is 2. The van der Waals surface area contributed by atoms with Crippen LogP contribution in [0.5, 0.6) is 0 Å². The molecule has 1 fully saturated rings. The predicted octanol–water partition coefficient (Wildman–Crippen LogP) is 2.68. The molecule has 25 heavy (non-hydrogen) atoms. The summed E-state index contributed by atoms with van der Waals surface area (Å²) in [6.45, 7) is 0.566. The lowest BCUT2D eigenvalue weighted by molar-refractivity contribution is -0.126. The zero-order valence-corrected chi connectivity index (χ0v) is 13.5. The van der Waals surface area contributed by atoms with Crippen LogP contribution in [0.25, 0.3) is 0 Å². The summed E-state index contributed by atoms with van der Waals surface area (Å²) in [5, 5.41) is 2.79. The van der Waals surface area contributed by atoms with Crippen molar-refractivity contribution >= 4 is 17.5 Å². The maximum absolute atomic E-state index is 13.8. The van der Waals surface area contributed by atoms with E-state index < -0.39 is 11.7 Å². The number of carbonyl (C=O) groups is 2. The summed E-state index contributed by atoms with van der Waals surface area (Å²) in [7, 11) is 0. The van der Waals surface area contributed by atoms with E-state index in [4.69, 9.17) is 0 Å². The summed E-state index contributed by atoms with van der Waals surface area (Å²) >= 11 is 0. The Hall–Kier alpha value is -2.76. The SMILES string of the molecule is O=C(NCCc1ccc(F)cc1)C1CC(=O)N(c2ccccc2F)C1. The molecule has 1 heterocycles. The van der Waals surface area contributed by atoms with Crippen LogP contribution in [-0.2, 0) is 16.0 Å². The third-order valence-corrected chi connectivity index (χ3v) is 4.27. The zero-order chi connectivity index (χ0) is 17.8. The van der Waals surface area contributed by atoms with Gasteiger partial charge in [-0.1, -0.05) is 24.3 Å². The molecular formula is C19H18F2N2O2. The number of para-hydroxylation sites is 1. The molecular weight excluding hydrogens is 326 g/mol. The Balaban J connectivity index is 1.54. The molecule has 4 nitrogen and oxygen atoms in total. The molecule has 0 aromatic heterocycles. The molecule has 3 rings (SSSR count). The highest BCUT2D eigenvalue weighted by molar-refractivity contribution is 6.00. The Labute approximate surface area is 144 Å². The molecule has 0 radical (unpaired) electrons. The van der Waals surface area contributed by atoms with Gasteiger partial charge in [-0.25, -0.2) is 8.78 Å². The fourth-order valence-electron chi connectivity index (χ4n) is 2.91. The molecule has 1 N–H and O–H groups in total. The van der Waals surface area contributed by atoms with E-state index in [9.17, 15) is 18.4 Å². The lowest BCUT2D eigenvalue weighted by atomic mass is 10.1. The average molecular weight is 344 g/mol. The smallest absolute Gasteiger partial charge is 0.227 e. The van der Waals surface area contributed by atoms with Gasteiger partial charge in [-0.3, -0.25) is 9.59 Å². The van der Waals surface area contributed by atoms with Crippen molar-refractivity contribution in [1.82, 2.24) is 5.32 Å². The predicted molar refractivity (Wildman–Crippen MR) is 90.0 cm³/mol. The van der Waals surface area contributed by atoms with Crippen LogP contribution in [0.3, 0.4) is 0 Å². The first-order chi connectivity index (χ1) is 12.0. The van der Waals surface area contributed by atoms with Gasteiger partial charge in [0.05, 0.1) is 11.6 Å². The molecule has 0 bridgehead atoms.